The summed E-state index contributed by atoms with van der Waals surface area (Å²) in [5, 5.41) is 4.51. The van der Waals surface area contributed by atoms with E-state index in [1.807, 2.05) is 46.9 Å². The largest absolute Gasteiger partial charge is 0.494 e. The number of rotatable bonds is 7. The van der Waals surface area contributed by atoms with Gasteiger partial charge in [-0.05, 0) is 18.4 Å². The number of methoxy groups -OCH3 is 1. The second-order valence-corrected chi connectivity index (χ2v) is 7.06. The smallest absolute Gasteiger partial charge is 0.144 e. The SMILES string of the molecule is COc1ccccc1-n1cc(CN2CCN(CCSC)CC2)cn1. The normalized spacial score (nSPS) is 16.4. The molecular weight excluding hydrogens is 320 g/mol. The van der Waals surface area contributed by atoms with Gasteiger partial charge >= 0.3 is 0 Å². The Morgan fingerprint density at radius 1 is 1.12 bits per heavy atom. The molecule has 1 aliphatic heterocycles. The van der Waals surface area contributed by atoms with E-state index in [2.05, 4.69) is 27.4 Å². The van der Waals surface area contributed by atoms with Gasteiger partial charge in [-0.1, -0.05) is 12.1 Å². The van der Waals surface area contributed by atoms with Crippen LogP contribution in [0.1, 0.15) is 5.56 Å². The zero-order valence-corrected chi connectivity index (χ0v) is 15.3. The highest BCUT2D eigenvalue weighted by atomic mass is 32.2. The Bertz CT molecular complexity index is 637. The fraction of sp³-hybridized carbons (Fsp3) is 0.500. The van der Waals surface area contributed by atoms with Crippen molar-refractivity contribution in [3.05, 3.63) is 42.2 Å². The molecule has 0 bridgehead atoms. The number of hydrogen-bond acceptors (Lipinski definition) is 5. The molecule has 0 spiro atoms. The number of hydrogen-bond donors (Lipinski definition) is 0. The van der Waals surface area contributed by atoms with Crippen LogP contribution in [0.3, 0.4) is 0 Å². The summed E-state index contributed by atoms with van der Waals surface area (Å²) in [6.07, 6.45) is 6.25. The summed E-state index contributed by atoms with van der Waals surface area (Å²) in [6.45, 7) is 6.77. The van der Waals surface area contributed by atoms with Crippen molar-refractivity contribution < 1.29 is 4.74 Å². The molecule has 2 heterocycles. The van der Waals surface area contributed by atoms with Gasteiger partial charge in [-0.15, -0.1) is 0 Å². The molecule has 5 nitrogen and oxygen atoms in total. The Kier molecular flexibility index (Phi) is 6.18. The summed E-state index contributed by atoms with van der Waals surface area (Å²) in [5.74, 6) is 2.07. The second kappa shape index (κ2) is 8.55. The molecule has 0 saturated carbocycles. The van der Waals surface area contributed by atoms with Crippen LogP contribution >= 0.6 is 11.8 Å². The summed E-state index contributed by atoms with van der Waals surface area (Å²) in [4.78, 5) is 5.07. The predicted octanol–water partition coefficient (Wildman–Crippen LogP) is 2.36. The highest BCUT2D eigenvalue weighted by Gasteiger charge is 2.17. The maximum Gasteiger partial charge on any atom is 0.144 e. The lowest BCUT2D eigenvalue weighted by Gasteiger charge is -2.34. The average Bonchev–Trinajstić information content (AvgIpc) is 3.09. The molecule has 0 N–H and O–H groups in total. The number of para-hydroxylation sites is 2. The van der Waals surface area contributed by atoms with Crippen molar-refractivity contribution in [2.24, 2.45) is 0 Å². The van der Waals surface area contributed by atoms with Crippen LogP contribution in [-0.2, 0) is 6.54 Å². The molecule has 0 aliphatic carbocycles. The Hall–Kier alpha value is -1.50. The zero-order valence-electron chi connectivity index (χ0n) is 14.5. The third kappa shape index (κ3) is 4.32. The molecule has 6 heteroatoms. The van der Waals surface area contributed by atoms with E-state index in [1.54, 1.807) is 7.11 Å². The minimum absolute atomic E-state index is 0.842. The minimum Gasteiger partial charge on any atom is -0.494 e. The highest BCUT2D eigenvalue weighted by Crippen LogP contribution is 2.22. The first-order valence-corrected chi connectivity index (χ1v) is 9.80. The Morgan fingerprint density at radius 3 is 2.62 bits per heavy atom. The average molecular weight is 347 g/mol. The Balaban J connectivity index is 1.57. The summed E-state index contributed by atoms with van der Waals surface area (Å²) >= 11 is 1.93. The number of piperazine rings is 1. The summed E-state index contributed by atoms with van der Waals surface area (Å²) in [6, 6.07) is 7.97. The monoisotopic (exact) mass is 346 g/mol. The van der Waals surface area contributed by atoms with Crippen LogP contribution < -0.4 is 4.74 Å². The van der Waals surface area contributed by atoms with Crippen molar-refractivity contribution in [3.8, 4) is 11.4 Å². The van der Waals surface area contributed by atoms with Gasteiger partial charge in [-0.3, -0.25) is 9.80 Å². The molecule has 0 radical (unpaired) electrons. The van der Waals surface area contributed by atoms with E-state index in [-0.39, 0.29) is 0 Å². The first-order valence-electron chi connectivity index (χ1n) is 8.40. The lowest BCUT2D eigenvalue weighted by Crippen LogP contribution is -2.46. The topological polar surface area (TPSA) is 33.5 Å². The van der Waals surface area contributed by atoms with Crippen molar-refractivity contribution >= 4 is 11.8 Å². The van der Waals surface area contributed by atoms with Crippen LogP contribution in [-0.4, -0.2) is 71.4 Å². The van der Waals surface area contributed by atoms with E-state index in [9.17, 15) is 0 Å². The fourth-order valence-electron chi connectivity index (χ4n) is 3.04. The first-order chi connectivity index (χ1) is 11.8. The maximum absolute atomic E-state index is 5.42. The molecule has 0 amide bonds. The van der Waals surface area contributed by atoms with Crippen molar-refractivity contribution in [1.29, 1.82) is 0 Å². The van der Waals surface area contributed by atoms with Crippen LogP contribution in [0.2, 0.25) is 0 Å². The Labute approximate surface area is 148 Å². The van der Waals surface area contributed by atoms with E-state index in [4.69, 9.17) is 4.74 Å². The van der Waals surface area contributed by atoms with E-state index >= 15 is 0 Å². The van der Waals surface area contributed by atoms with Gasteiger partial charge in [-0.25, -0.2) is 4.68 Å². The van der Waals surface area contributed by atoms with Crippen LogP contribution in [0, 0.1) is 0 Å². The lowest BCUT2D eigenvalue weighted by molar-refractivity contribution is 0.133. The van der Waals surface area contributed by atoms with Gasteiger partial charge in [0.05, 0.1) is 13.3 Å². The quantitative estimate of drug-likeness (QED) is 0.769. The summed E-state index contributed by atoms with van der Waals surface area (Å²) in [5.41, 5.74) is 2.23. The van der Waals surface area contributed by atoms with E-state index in [0.29, 0.717) is 0 Å². The van der Waals surface area contributed by atoms with Gasteiger partial charge in [0.2, 0.25) is 0 Å². The van der Waals surface area contributed by atoms with Crippen molar-refractivity contribution in [1.82, 2.24) is 19.6 Å². The molecule has 24 heavy (non-hydrogen) atoms. The fourth-order valence-corrected chi connectivity index (χ4v) is 3.48. The molecule has 0 unspecified atom stereocenters. The van der Waals surface area contributed by atoms with Gasteiger partial charge in [0.1, 0.15) is 11.4 Å². The molecule has 1 saturated heterocycles. The molecule has 1 aromatic carbocycles. The highest BCUT2D eigenvalue weighted by molar-refractivity contribution is 7.98. The standard InChI is InChI=1S/C18H26N4OS/c1-23-18-6-4-3-5-17(18)22-15-16(13-19-22)14-21-9-7-20(8-10-21)11-12-24-2/h3-6,13,15H,7-12,14H2,1-2H3. The maximum atomic E-state index is 5.42. The molecular formula is C18H26N4OS. The minimum atomic E-state index is 0.842. The number of thioether (sulfide) groups is 1. The van der Waals surface area contributed by atoms with Gasteiger partial charge in [0, 0.05) is 56.8 Å². The van der Waals surface area contributed by atoms with Gasteiger partial charge in [0.25, 0.3) is 0 Å². The van der Waals surface area contributed by atoms with Crippen molar-refractivity contribution in [2.75, 3.05) is 51.8 Å². The lowest BCUT2D eigenvalue weighted by atomic mass is 10.2. The van der Waals surface area contributed by atoms with Crippen molar-refractivity contribution in [3.63, 3.8) is 0 Å². The van der Waals surface area contributed by atoms with Gasteiger partial charge in [-0.2, -0.15) is 16.9 Å². The number of ether oxygens (including phenoxy) is 1. The van der Waals surface area contributed by atoms with E-state index < -0.39 is 0 Å². The third-order valence-corrected chi connectivity index (χ3v) is 5.04. The van der Waals surface area contributed by atoms with Crippen LogP contribution in [0.5, 0.6) is 5.75 Å². The van der Waals surface area contributed by atoms with E-state index in [1.165, 1.54) is 31.0 Å². The Morgan fingerprint density at radius 2 is 1.88 bits per heavy atom. The molecule has 130 valence electrons. The molecule has 1 fully saturated rings. The molecule has 0 atom stereocenters. The van der Waals surface area contributed by atoms with Crippen LogP contribution in [0.25, 0.3) is 5.69 Å². The van der Waals surface area contributed by atoms with Crippen LogP contribution in [0.15, 0.2) is 36.7 Å². The molecule has 1 aromatic heterocycles. The molecule has 2 aromatic rings. The summed E-state index contributed by atoms with van der Waals surface area (Å²) < 4.78 is 7.33. The van der Waals surface area contributed by atoms with Gasteiger partial charge in [0.15, 0.2) is 0 Å². The first kappa shape index (κ1) is 17.3. The summed E-state index contributed by atoms with van der Waals surface area (Å²) in [7, 11) is 1.69. The third-order valence-electron chi connectivity index (χ3n) is 4.45. The number of benzene rings is 1. The predicted molar refractivity (Wildman–Crippen MR) is 100 cm³/mol. The second-order valence-electron chi connectivity index (χ2n) is 6.08. The van der Waals surface area contributed by atoms with Crippen LogP contribution in [0.4, 0.5) is 0 Å². The number of nitrogens with zero attached hydrogens (tertiary/aromatic N) is 4. The number of aromatic nitrogens is 2. The molecule has 3 rings (SSSR count). The van der Waals surface area contributed by atoms with Gasteiger partial charge < -0.3 is 4.74 Å². The zero-order chi connectivity index (χ0) is 16.8. The van der Waals surface area contributed by atoms with E-state index in [0.717, 1.165) is 31.1 Å². The molecule has 1 aliphatic rings. The van der Waals surface area contributed by atoms with Crippen molar-refractivity contribution in [2.45, 2.75) is 6.54 Å².